The van der Waals surface area contributed by atoms with Gasteiger partial charge in [0.05, 0.1) is 11.6 Å². The van der Waals surface area contributed by atoms with Crippen LogP contribution in [0.4, 0.5) is 5.69 Å². The zero-order chi connectivity index (χ0) is 9.84. The fourth-order valence-corrected chi connectivity index (χ4v) is 1.16. The zero-order valence-corrected chi connectivity index (χ0v) is 8.26. The van der Waals surface area contributed by atoms with Gasteiger partial charge in [-0.3, -0.25) is 0 Å². The molecule has 0 radical (unpaired) electrons. The Bertz CT molecular complexity index is 334. The van der Waals surface area contributed by atoms with Crippen LogP contribution in [0.3, 0.4) is 0 Å². The number of benzene rings is 1. The predicted molar refractivity (Wildman–Crippen MR) is 54.7 cm³/mol. The van der Waals surface area contributed by atoms with Crippen molar-refractivity contribution in [2.75, 3.05) is 5.32 Å². The number of hydrogen-bond donors (Lipinski definition) is 1. The van der Waals surface area contributed by atoms with Crippen LogP contribution in [0, 0.1) is 18.3 Å². The van der Waals surface area contributed by atoms with Crippen molar-refractivity contribution in [3.8, 4) is 6.07 Å². The van der Waals surface area contributed by atoms with Gasteiger partial charge in [0, 0.05) is 11.7 Å². The summed E-state index contributed by atoms with van der Waals surface area (Å²) in [4.78, 5) is 0. The molecular weight excluding hydrogens is 160 g/mol. The molecule has 0 bridgehead atoms. The summed E-state index contributed by atoms with van der Waals surface area (Å²) in [6, 6.07) is 8.20. The van der Waals surface area contributed by atoms with Gasteiger partial charge in [-0.25, -0.2) is 0 Å². The molecule has 0 amide bonds. The van der Waals surface area contributed by atoms with E-state index in [9.17, 15) is 0 Å². The Kier molecular flexibility index (Phi) is 2.92. The van der Waals surface area contributed by atoms with Crippen LogP contribution in [0.15, 0.2) is 18.2 Å². The molecule has 0 aliphatic carbocycles. The minimum absolute atomic E-state index is 0.396. The van der Waals surface area contributed by atoms with E-state index in [0.29, 0.717) is 11.6 Å². The van der Waals surface area contributed by atoms with Crippen LogP contribution in [-0.4, -0.2) is 6.04 Å². The molecule has 1 N–H and O–H groups in total. The lowest BCUT2D eigenvalue weighted by Crippen LogP contribution is -2.10. The number of anilines is 1. The van der Waals surface area contributed by atoms with Crippen molar-refractivity contribution in [3.05, 3.63) is 29.3 Å². The second-order valence-corrected chi connectivity index (χ2v) is 3.44. The fraction of sp³-hybridized carbons (Fsp3) is 0.364. The molecule has 2 nitrogen and oxygen atoms in total. The lowest BCUT2D eigenvalue weighted by Gasteiger charge is -2.12. The Labute approximate surface area is 79.2 Å². The number of nitriles is 1. The Morgan fingerprint density at radius 2 is 2.08 bits per heavy atom. The molecule has 1 rings (SSSR count). The molecule has 0 atom stereocenters. The summed E-state index contributed by atoms with van der Waals surface area (Å²) < 4.78 is 0. The normalized spacial score (nSPS) is 9.77. The minimum atomic E-state index is 0.396. The molecule has 13 heavy (non-hydrogen) atoms. The first-order valence-electron chi connectivity index (χ1n) is 4.41. The van der Waals surface area contributed by atoms with Crippen LogP contribution in [0.5, 0.6) is 0 Å². The highest BCUT2D eigenvalue weighted by Gasteiger charge is 2.00. The standard InChI is InChI=1S/C11H14N2/c1-8(2)13-11-6-10(7-12)5-4-9(11)3/h4-6,8,13H,1-3H3. The van der Waals surface area contributed by atoms with E-state index in [1.807, 2.05) is 25.1 Å². The van der Waals surface area contributed by atoms with Gasteiger partial charge in [-0.15, -0.1) is 0 Å². The Hall–Kier alpha value is -1.49. The van der Waals surface area contributed by atoms with Crippen molar-refractivity contribution < 1.29 is 0 Å². The molecule has 0 unspecified atom stereocenters. The van der Waals surface area contributed by atoms with E-state index in [2.05, 4.69) is 25.2 Å². The van der Waals surface area contributed by atoms with Crippen LogP contribution in [-0.2, 0) is 0 Å². The van der Waals surface area contributed by atoms with Gasteiger partial charge in [0.15, 0.2) is 0 Å². The van der Waals surface area contributed by atoms with Crippen molar-refractivity contribution in [3.63, 3.8) is 0 Å². The molecular formula is C11H14N2. The van der Waals surface area contributed by atoms with E-state index in [1.165, 1.54) is 5.56 Å². The van der Waals surface area contributed by atoms with E-state index in [-0.39, 0.29) is 0 Å². The first-order valence-corrected chi connectivity index (χ1v) is 4.41. The lowest BCUT2D eigenvalue weighted by atomic mass is 10.1. The summed E-state index contributed by atoms with van der Waals surface area (Å²) in [5, 5.41) is 12.0. The third-order valence-electron chi connectivity index (χ3n) is 1.81. The van der Waals surface area contributed by atoms with E-state index in [4.69, 9.17) is 5.26 Å². The summed E-state index contributed by atoms with van der Waals surface area (Å²) >= 11 is 0. The molecule has 0 saturated heterocycles. The highest BCUT2D eigenvalue weighted by Crippen LogP contribution is 2.17. The van der Waals surface area contributed by atoms with Crippen LogP contribution >= 0.6 is 0 Å². The van der Waals surface area contributed by atoms with Crippen molar-refractivity contribution in [2.24, 2.45) is 0 Å². The fourth-order valence-electron chi connectivity index (χ4n) is 1.16. The monoisotopic (exact) mass is 174 g/mol. The van der Waals surface area contributed by atoms with Crippen molar-refractivity contribution in [1.82, 2.24) is 0 Å². The van der Waals surface area contributed by atoms with E-state index >= 15 is 0 Å². The first kappa shape index (κ1) is 9.60. The Morgan fingerprint density at radius 1 is 1.38 bits per heavy atom. The van der Waals surface area contributed by atoms with Crippen LogP contribution in [0.1, 0.15) is 25.0 Å². The maximum absolute atomic E-state index is 8.71. The largest absolute Gasteiger partial charge is 0.383 e. The second kappa shape index (κ2) is 3.95. The SMILES string of the molecule is Cc1ccc(C#N)cc1NC(C)C. The molecule has 0 aromatic heterocycles. The molecule has 1 aromatic rings. The number of rotatable bonds is 2. The summed E-state index contributed by atoms with van der Waals surface area (Å²) in [5.41, 5.74) is 2.93. The van der Waals surface area contributed by atoms with Gasteiger partial charge in [0.25, 0.3) is 0 Å². The Morgan fingerprint density at radius 3 is 2.62 bits per heavy atom. The van der Waals surface area contributed by atoms with Crippen LogP contribution < -0.4 is 5.32 Å². The van der Waals surface area contributed by atoms with Gasteiger partial charge in [-0.2, -0.15) is 5.26 Å². The Balaban J connectivity index is 2.99. The molecule has 2 heteroatoms. The van der Waals surface area contributed by atoms with Gasteiger partial charge in [0.1, 0.15) is 0 Å². The van der Waals surface area contributed by atoms with Crippen molar-refractivity contribution >= 4 is 5.69 Å². The topological polar surface area (TPSA) is 35.8 Å². The number of nitrogens with one attached hydrogen (secondary N) is 1. The average Bonchev–Trinajstić information content (AvgIpc) is 2.08. The first-order chi connectivity index (χ1) is 6.13. The second-order valence-electron chi connectivity index (χ2n) is 3.44. The molecule has 1 aromatic carbocycles. The molecule has 0 aliphatic rings. The van der Waals surface area contributed by atoms with Gasteiger partial charge >= 0.3 is 0 Å². The molecule has 0 spiro atoms. The van der Waals surface area contributed by atoms with Gasteiger partial charge < -0.3 is 5.32 Å². The molecule has 0 fully saturated rings. The minimum Gasteiger partial charge on any atom is -0.383 e. The maximum atomic E-state index is 8.71. The van der Waals surface area contributed by atoms with Gasteiger partial charge in [0.2, 0.25) is 0 Å². The average molecular weight is 174 g/mol. The molecule has 68 valence electrons. The quantitative estimate of drug-likeness (QED) is 0.748. The smallest absolute Gasteiger partial charge is 0.0992 e. The zero-order valence-electron chi connectivity index (χ0n) is 8.26. The van der Waals surface area contributed by atoms with E-state index < -0.39 is 0 Å². The molecule has 0 aliphatic heterocycles. The maximum Gasteiger partial charge on any atom is 0.0992 e. The van der Waals surface area contributed by atoms with Gasteiger partial charge in [-0.1, -0.05) is 6.07 Å². The predicted octanol–water partition coefficient (Wildman–Crippen LogP) is 2.69. The highest BCUT2D eigenvalue weighted by atomic mass is 14.9. The number of aryl methyl sites for hydroxylation is 1. The highest BCUT2D eigenvalue weighted by molar-refractivity contribution is 5.55. The van der Waals surface area contributed by atoms with Gasteiger partial charge in [-0.05, 0) is 38.5 Å². The van der Waals surface area contributed by atoms with Crippen molar-refractivity contribution in [1.29, 1.82) is 5.26 Å². The van der Waals surface area contributed by atoms with E-state index in [0.717, 1.165) is 5.69 Å². The summed E-state index contributed by atoms with van der Waals surface area (Å²) in [6.07, 6.45) is 0. The summed E-state index contributed by atoms with van der Waals surface area (Å²) in [6.45, 7) is 6.20. The third kappa shape index (κ3) is 2.48. The van der Waals surface area contributed by atoms with Crippen LogP contribution in [0.25, 0.3) is 0 Å². The van der Waals surface area contributed by atoms with Crippen LogP contribution in [0.2, 0.25) is 0 Å². The van der Waals surface area contributed by atoms with Crippen molar-refractivity contribution in [2.45, 2.75) is 26.8 Å². The lowest BCUT2D eigenvalue weighted by molar-refractivity contribution is 0.897. The number of nitrogens with zero attached hydrogens (tertiary/aromatic N) is 1. The number of hydrogen-bond acceptors (Lipinski definition) is 2. The van der Waals surface area contributed by atoms with E-state index in [1.54, 1.807) is 0 Å². The summed E-state index contributed by atoms with van der Waals surface area (Å²) in [5.74, 6) is 0. The third-order valence-corrected chi connectivity index (χ3v) is 1.81. The molecule has 0 saturated carbocycles. The molecule has 0 heterocycles. The summed E-state index contributed by atoms with van der Waals surface area (Å²) in [7, 11) is 0.